The van der Waals surface area contributed by atoms with E-state index >= 15 is 0 Å². The minimum absolute atomic E-state index is 0.0206. The number of carbonyl (C=O) groups excluding carboxylic acids is 2. The fraction of sp³-hybridized carbons (Fsp3) is 0.364. The number of aryl methyl sites for hydroxylation is 1. The van der Waals surface area contributed by atoms with E-state index in [1.54, 1.807) is 36.0 Å². The molecule has 0 radical (unpaired) electrons. The molecule has 142 valence electrons. The topological polar surface area (TPSA) is 49.9 Å². The van der Waals surface area contributed by atoms with Crippen LogP contribution in [0.4, 0.5) is 0 Å². The van der Waals surface area contributed by atoms with Crippen molar-refractivity contribution in [2.75, 3.05) is 20.6 Å². The van der Waals surface area contributed by atoms with Crippen molar-refractivity contribution in [3.8, 4) is 5.75 Å². The molecule has 0 saturated carbocycles. The number of nitrogens with zero attached hydrogens (tertiary/aromatic N) is 2. The van der Waals surface area contributed by atoms with E-state index in [9.17, 15) is 9.59 Å². The van der Waals surface area contributed by atoms with Crippen LogP contribution in [-0.2, 0) is 11.4 Å². The molecule has 1 saturated heterocycles. The van der Waals surface area contributed by atoms with E-state index in [1.165, 1.54) is 5.56 Å². The quantitative estimate of drug-likeness (QED) is 0.816. The summed E-state index contributed by atoms with van der Waals surface area (Å²) in [6.07, 6.45) is 1.56. The summed E-state index contributed by atoms with van der Waals surface area (Å²) in [5.41, 5.74) is 2.82. The van der Waals surface area contributed by atoms with Crippen LogP contribution in [0.15, 0.2) is 48.5 Å². The van der Waals surface area contributed by atoms with E-state index in [2.05, 4.69) is 6.07 Å². The fourth-order valence-electron chi connectivity index (χ4n) is 3.42. The lowest BCUT2D eigenvalue weighted by Gasteiger charge is -2.26. The number of hydrogen-bond acceptors (Lipinski definition) is 3. The van der Waals surface area contributed by atoms with Crippen LogP contribution in [0.3, 0.4) is 0 Å². The van der Waals surface area contributed by atoms with Gasteiger partial charge in [-0.1, -0.05) is 35.9 Å². The maximum atomic E-state index is 13.0. The molecule has 1 fully saturated rings. The zero-order chi connectivity index (χ0) is 19.4. The van der Waals surface area contributed by atoms with Gasteiger partial charge in [0.15, 0.2) is 0 Å². The second-order valence-electron chi connectivity index (χ2n) is 7.19. The van der Waals surface area contributed by atoms with Gasteiger partial charge >= 0.3 is 0 Å². The molecule has 0 bridgehead atoms. The molecule has 1 unspecified atom stereocenters. The monoisotopic (exact) mass is 366 g/mol. The van der Waals surface area contributed by atoms with E-state index in [0.717, 1.165) is 12.0 Å². The Hall–Kier alpha value is -2.82. The predicted molar refractivity (Wildman–Crippen MR) is 105 cm³/mol. The summed E-state index contributed by atoms with van der Waals surface area (Å²) in [5, 5.41) is 0. The molecule has 0 aromatic heterocycles. The summed E-state index contributed by atoms with van der Waals surface area (Å²) >= 11 is 0. The van der Waals surface area contributed by atoms with Gasteiger partial charge in [0.05, 0.1) is 0 Å². The highest BCUT2D eigenvalue weighted by Crippen LogP contribution is 2.23. The molecule has 0 aliphatic carbocycles. The number of hydrogen-bond donors (Lipinski definition) is 0. The first-order valence-corrected chi connectivity index (χ1v) is 9.26. The van der Waals surface area contributed by atoms with Gasteiger partial charge in [-0.3, -0.25) is 9.59 Å². The molecular formula is C22H26N2O3. The van der Waals surface area contributed by atoms with Crippen molar-refractivity contribution < 1.29 is 14.3 Å². The lowest BCUT2D eigenvalue weighted by molar-refractivity contribution is -0.132. The van der Waals surface area contributed by atoms with Crippen LogP contribution in [0.5, 0.6) is 5.75 Å². The standard InChI is InChI=1S/C22H26N2O3/c1-16-7-4-8-17(13-16)15-27-19-10-5-9-18(14-19)21(25)24-12-6-11-20(24)22(26)23(2)3/h4-5,7-10,13-14,20H,6,11-12,15H2,1-3H3. The van der Waals surface area contributed by atoms with E-state index in [4.69, 9.17) is 4.74 Å². The van der Waals surface area contributed by atoms with Gasteiger partial charge < -0.3 is 14.5 Å². The smallest absolute Gasteiger partial charge is 0.254 e. The second kappa shape index (κ2) is 8.25. The van der Waals surface area contributed by atoms with Crippen LogP contribution in [0.25, 0.3) is 0 Å². The average molecular weight is 366 g/mol. The van der Waals surface area contributed by atoms with Crippen molar-refractivity contribution in [2.45, 2.75) is 32.4 Å². The van der Waals surface area contributed by atoms with Crippen LogP contribution >= 0.6 is 0 Å². The Balaban J connectivity index is 1.71. The highest BCUT2D eigenvalue weighted by atomic mass is 16.5. The van der Waals surface area contributed by atoms with Gasteiger partial charge in [-0.05, 0) is 43.5 Å². The second-order valence-corrected chi connectivity index (χ2v) is 7.19. The maximum absolute atomic E-state index is 13.0. The first kappa shape index (κ1) is 19.0. The van der Waals surface area contributed by atoms with Crippen molar-refractivity contribution in [1.29, 1.82) is 0 Å². The van der Waals surface area contributed by atoms with E-state index in [1.807, 2.05) is 37.3 Å². The zero-order valence-electron chi connectivity index (χ0n) is 16.1. The van der Waals surface area contributed by atoms with Gasteiger partial charge in [-0.2, -0.15) is 0 Å². The predicted octanol–water partition coefficient (Wildman–Crippen LogP) is 3.27. The molecule has 0 spiro atoms. The van der Waals surface area contributed by atoms with Crippen molar-refractivity contribution in [3.63, 3.8) is 0 Å². The van der Waals surface area contributed by atoms with Crippen LogP contribution in [0.1, 0.15) is 34.3 Å². The van der Waals surface area contributed by atoms with Crippen LogP contribution in [0, 0.1) is 6.92 Å². The van der Waals surface area contributed by atoms with Gasteiger partial charge in [0.2, 0.25) is 5.91 Å². The Morgan fingerprint density at radius 2 is 1.93 bits per heavy atom. The minimum Gasteiger partial charge on any atom is -0.489 e. The molecule has 2 amide bonds. The molecule has 5 heteroatoms. The van der Waals surface area contributed by atoms with E-state index < -0.39 is 0 Å². The molecule has 1 heterocycles. The number of likely N-dealkylation sites (N-methyl/N-ethyl adjacent to an activating group) is 1. The highest BCUT2D eigenvalue weighted by molar-refractivity contribution is 5.98. The van der Waals surface area contributed by atoms with Gasteiger partial charge in [0.1, 0.15) is 18.4 Å². The third-order valence-corrected chi connectivity index (χ3v) is 4.81. The Bertz CT molecular complexity index is 832. The molecule has 3 rings (SSSR count). The molecule has 27 heavy (non-hydrogen) atoms. The van der Waals surface area contributed by atoms with E-state index in [0.29, 0.717) is 30.9 Å². The lowest BCUT2D eigenvalue weighted by atomic mass is 10.1. The zero-order valence-corrected chi connectivity index (χ0v) is 16.1. The van der Waals surface area contributed by atoms with Gasteiger partial charge in [0.25, 0.3) is 5.91 Å². The maximum Gasteiger partial charge on any atom is 0.254 e. The van der Waals surface area contributed by atoms with E-state index in [-0.39, 0.29) is 17.9 Å². The van der Waals surface area contributed by atoms with Crippen molar-refractivity contribution in [1.82, 2.24) is 9.80 Å². The average Bonchev–Trinajstić information content (AvgIpc) is 3.15. The van der Waals surface area contributed by atoms with Gasteiger partial charge in [-0.15, -0.1) is 0 Å². The summed E-state index contributed by atoms with van der Waals surface area (Å²) in [5.74, 6) is 0.512. The molecule has 1 aliphatic rings. The summed E-state index contributed by atoms with van der Waals surface area (Å²) in [7, 11) is 3.45. The fourth-order valence-corrected chi connectivity index (χ4v) is 3.42. The van der Waals surface area contributed by atoms with Crippen molar-refractivity contribution in [2.24, 2.45) is 0 Å². The molecule has 2 aromatic rings. The number of likely N-dealkylation sites (tertiary alicyclic amines) is 1. The third kappa shape index (κ3) is 4.48. The first-order valence-electron chi connectivity index (χ1n) is 9.26. The minimum atomic E-state index is -0.371. The Morgan fingerprint density at radius 1 is 1.15 bits per heavy atom. The molecule has 1 aliphatic heterocycles. The number of rotatable bonds is 5. The summed E-state index contributed by atoms with van der Waals surface area (Å²) in [6, 6.07) is 15.0. The Morgan fingerprint density at radius 3 is 2.67 bits per heavy atom. The number of benzene rings is 2. The van der Waals surface area contributed by atoms with Gasteiger partial charge in [0, 0.05) is 26.2 Å². The summed E-state index contributed by atoms with van der Waals surface area (Å²) in [6.45, 7) is 3.10. The van der Waals surface area contributed by atoms with Crippen LogP contribution in [-0.4, -0.2) is 48.3 Å². The Kier molecular flexibility index (Phi) is 5.79. The molecular weight excluding hydrogens is 340 g/mol. The Labute approximate surface area is 160 Å². The number of ether oxygens (including phenoxy) is 1. The largest absolute Gasteiger partial charge is 0.489 e. The summed E-state index contributed by atoms with van der Waals surface area (Å²) < 4.78 is 5.87. The normalized spacial score (nSPS) is 16.3. The number of carbonyl (C=O) groups is 2. The third-order valence-electron chi connectivity index (χ3n) is 4.81. The first-order chi connectivity index (χ1) is 13.0. The van der Waals surface area contributed by atoms with Gasteiger partial charge in [-0.25, -0.2) is 0 Å². The lowest BCUT2D eigenvalue weighted by Crippen LogP contribution is -2.45. The molecule has 5 nitrogen and oxygen atoms in total. The van der Waals surface area contributed by atoms with Crippen molar-refractivity contribution in [3.05, 3.63) is 65.2 Å². The highest BCUT2D eigenvalue weighted by Gasteiger charge is 2.35. The molecule has 1 atom stereocenters. The molecule has 0 N–H and O–H groups in total. The SMILES string of the molecule is Cc1cccc(COc2cccc(C(=O)N3CCCC3C(=O)N(C)C)c2)c1. The van der Waals surface area contributed by atoms with Crippen molar-refractivity contribution >= 4 is 11.8 Å². The van der Waals surface area contributed by atoms with Crippen LogP contribution in [0.2, 0.25) is 0 Å². The number of amides is 2. The summed E-state index contributed by atoms with van der Waals surface area (Å²) in [4.78, 5) is 28.5. The van der Waals surface area contributed by atoms with Crippen LogP contribution < -0.4 is 4.74 Å². The molecule has 2 aromatic carbocycles.